The maximum absolute atomic E-state index is 11.0. The zero-order chi connectivity index (χ0) is 24.9. The summed E-state index contributed by atoms with van der Waals surface area (Å²) in [6.45, 7) is 1.77. The fourth-order valence-electron chi connectivity index (χ4n) is 4.49. The highest BCUT2D eigenvalue weighted by molar-refractivity contribution is 5.84. The lowest BCUT2D eigenvalue weighted by Gasteiger charge is -2.14. The molecule has 37 heavy (non-hydrogen) atoms. The second-order valence-electron chi connectivity index (χ2n) is 8.40. The van der Waals surface area contributed by atoms with Gasteiger partial charge in [0.2, 0.25) is 0 Å². The Morgan fingerprint density at radius 2 is 1.43 bits per heavy atom. The van der Waals surface area contributed by atoms with Crippen LogP contribution in [-0.2, 0) is 11.2 Å². The summed E-state index contributed by atoms with van der Waals surface area (Å²) >= 11 is 0. The normalized spacial score (nSPS) is 10.5. The van der Waals surface area contributed by atoms with E-state index in [0.717, 1.165) is 51.3 Å². The molecular formula is C32H30N2O3. The van der Waals surface area contributed by atoms with Crippen molar-refractivity contribution in [3.63, 3.8) is 0 Å². The third-order valence-corrected chi connectivity index (χ3v) is 6.07. The van der Waals surface area contributed by atoms with Crippen LogP contribution in [0.25, 0.3) is 39.2 Å². The summed E-state index contributed by atoms with van der Waals surface area (Å²) in [4.78, 5) is 11.0. The molecule has 5 aromatic rings. The predicted molar refractivity (Wildman–Crippen MR) is 149 cm³/mol. The Labute approximate surface area is 217 Å². The zero-order valence-electron chi connectivity index (χ0n) is 20.0. The van der Waals surface area contributed by atoms with E-state index in [2.05, 4.69) is 55.5 Å². The van der Waals surface area contributed by atoms with Gasteiger partial charge in [-0.1, -0.05) is 105 Å². The first-order valence-electron chi connectivity index (χ1n) is 11.9. The third-order valence-electron chi connectivity index (χ3n) is 6.07. The predicted octanol–water partition coefficient (Wildman–Crippen LogP) is 7.54. The molecule has 0 saturated carbocycles. The fraction of sp³-hybridized carbons (Fsp3) is 0.125. The first-order valence-corrected chi connectivity index (χ1v) is 11.9. The summed E-state index contributed by atoms with van der Waals surface area (Å²) in [5.74, 6) is -0.498. The number of para-hydroxylation sites is 1. The van der Waals surface area contributed by atoms with Crippen molar-refractivity contribution < 1.29 is 14.6 Å². The SMILES string of the molecule is C.CCc1c(-c2ccccc2)c(-c2ccccc2)nn1-c1ccccc1-c1cccc(OCC(=O)O)c1. The third kappa shape index (κ3) is 5.31. The van der Waals surface area contributed by atoms with Crippen LogP contribution in [0, 0.1) is 0 Å². The van der Waals surface area contributed by atoms with Crippen LogP contribution in [0.2, 0.25) is 0 Å². The van der Waals surface area contributed by atoms with Crippen molar-refractivity contribution >= 4 is 5.97 Å². The van der Waals surface area contributed by atoms with Crippen molar-refractivity contribution in [2.45, 2.75) is 20.8 Å². The van der Waals surface area contributed by atoms with Crippen LogP contribution in [0.1, 0.15) is 20.0 Å². The second kappa shape index (κ2) is 11.4. The lowest BCUT2D eigenvalue weighted by molar-refractivity contribution is -0.139. The monoisotopic (exact) mass is 490 g/mol. The van der Waals surface area contributed by atoms with Crippen LogP contribution < -0.4 is 4.74 Å². The number of rotatable bonds is 8. The molecule has 186 valence electrons. The van der Waals surface area contributed by atoms with Crippen LogP contribution in [0.5, 0.6) is 5.75 Å². The lowest BCUT2D eigenvalue weighted by Crippen LogP contribution is -2.09. The number of aromatic nitrogens is 2. The molecule has 0 amide bonds. The quantitative estimate of drug-likeness (QED) is 0.244. The van der Waals surface area contributed by atoms with Crippen LogP contribution >= 0.6 is 0 Å². The van der Waals surface area contributed by atoms with Gasteiger partial charge in [-0.3, -0.25) is 0 Å². The van der Waals surface area contributed by atoms with E-state index in [0.29, 0.717) is 5.75 Å². The standard InChI is InChI=1S/C31H26N2O3.CH4/c1-2-27-30(22-12-5-3-6-13-22)31(23-14-7-4-8-15-23)32-33(27)28-19-10-9-18-26(28)24-16-11-17-25(20-24)36-21-29(34)35;/h3-20H,2,21H2,1H3,(H,34,35);1H4. The maximum Gasteiger partial charge on any atom is 0.341 e. The molecule has 0 fully saturated rings. The van der Waals surface area contributed by atoms with Gasteiger partial charge in [0.25, 0.3) is 0 Å². The van der Waals surface area contributed by atoms with Crippen LogP contribution in [0.15, 0.2) is 109 Å². The first kappa shape index (κ1) is 25.5. The van der Waals surface area contributed by atoms with E-state index in [9.17, 15) is 4.79 Å². The van der Waals surface area contributed by atoms with Crippen molar-refractivity contribution in [2.24, 2.45) is 0 Å². The number of aliphatic carboxylic acids is 1. The van der Waals surface area contributed by atoms with E-state index in [1.807, 2.05) is 59.3 Å². The second-order valence-corrected chi connectivity index (χ2v) is 8.40. The molecule has 0 aliphatic heterocycles. The van der Waals surface area contributed by atoms with Gasteiger partial charge < -0.3 is 9.84 Å². The summed E-state index contributed by atoms with van der Waals surface area (Å²) < 4.78 is 7.48. The van der Waals surface area contributed by atoms with Gasteiger partial charge in [-0.25, -0.2) is 9.48 Å². The number of hydrogen-bond acceptors (Lipinski definition) is 3. The number of carbonyl (C=O) groups is 1. The van der Waals surface area contributed by atoms with E-state index < -0.39 is 5.97 Å². The average molecular weight is 491 g/mol. The molecule has 0 unspecified atom stereocenters. The summed E-state index contributed by atoms with van der Waals surface area (Å²) in [6.07, 6.45) is 0.792. The molecule has 1 aromatic heterocycles. The number of benzene rings is 4. The Balaban J connectivity index is 0.00000320. The van der Waals surface area contributed by atoms with Crippen molar-refractivity contribution in [1.82, 2.24) is 9.78 Å². The Bertz CT molecular complexity index is 1490. The molecule has 0 radical (unpaired) electrons. The molecule has 0 spiro atoms. The van der Waals surface area contributed by atoms with Crippen LogP contribution in [0.4, 0.5) is 0 Å². The minimum atomic E-state index is -1.01. The molecule has 0 saturated heterocycles. The molecule has 0 aliphatic rings. The van der Waals surface area contributed by atoms with Crippen molar-refractivity contribution in [3.05, 3.63) is 115 Å². The Morgan fingerprint density at radius 1 is 0.811 bits per heavy atom. The van der Waals surface area contributed by atoms with E-state index in [1.54, 1.807) is 6.07 Å². The summed E-state index contributed by atoms with van der Waals surface area (Å²) in [5.41, 5.74) is 8.22. The average Bonchev–Trinajstić information content (AvgIpc) is 3.32. The van der Waals surface area contributed by atoms with E-state index in [-0.39, 0.29) is 14.0 Å². The molecule has 0 atom stereocenters. The molecule has 5 nitrogen and oxygen atoms in total. The van der Waals surface area contributed by atoms with Gasteiger partial charge in [-0.05, 0) is 35.7 Å². The molecule has 1 heterocycles. The highest BCUT2D eigenvalue weighted by Gasteiger charge is 2.22. The van der Waals surface area contributed by atoms with Crippen molar-refractivity contribution in [1.29, 1.82) is 0 Å². The number of nitrogens with zero attached hydrogens (tertiary/aromatic N) is 2. The minimum absolute atomic E-state index is 0. The van der Waals surface area contributed by atoms with Crippen molar-refractivity contribution in [2.75, 3.05) is 6.61 Å². The number of ether oxygens (including phenoxy) is 1. The molecule has 1 N–H and O–H groups in total. The summed E-state index contributed by atoms with van der Waals surface area (Å²) in [5, 5.41) is 14.2. The largest absolute Gasteiger partial charge is 0.482 e. The summed E-state index contributed by atoms with van der Waals surface area (Å²) in [6, 6.07) is 36.3. The zero-order valence-corrected chi connectivity index (χ0v) is 20.0. The van der Waals surface area contributed by atoms with Crippen molar-refractivity contribution in [3.8, 4) is 44.9 Å². The minimum Gasteiger partial charge on any atom is -0.482 e. The first-order chi connectivity index (χ1) is 17.7. The van der Waals surface area contributed by atoms with Gasteiger partial charge in [0.15, 0.2) is 6.61 Å². The Hall–Kier alpha value is -4.64. The summed E-state index contributed by atoms with van der Waals surface area (Å²) in [7, 11) is 0. The highest BCUT2D eigenvalue weighted by Crippen LogP contribution is 2.38. The molecule has 4 aromatic carbocycles. The Morgan fingerprint density at radius 3 is 2.11 bits per heavy atom. The van der Waals surface area contributed by atoms with E-state index in [4.69, 9.17) is 14.9 Å². The van der Waals surface area contributed by atoms with Gasteiger partial charge >= 0.3 is 5.97 Å². The topological polar surface area (TPSA) is 64.4 Å². The Kier molecular flexibility index (Phi) is 7.84. The van der Waals surface area contributed by atoms with Crippen LogP contribution in [-0.4, -0.2) is 27.5 Å². The molecule has 5 heteroatoms. The molecule has 5 rings (SSSR count). The van der Waals surface area contributed by atoms with Gasteiger partial charge in [0.05, 0.1) is 11.4 Å². The molecule has 0 aliphatic carbocycles. The smallest absolute Gasteiger partial charge is 0.341 e. The van der Waals surface area contributed by atoms with E-state index in [1.165, 1.54) is 0 Å². The fourth-order valence-corrected chi connectivity index (χ4v) is 4.49. The number of carboxylic acid groups (broad SMARTS) is 1. The number of hydrogen-bond donors (Lipinski definition) is 1. The van der Waals surface area contributed by atoms with Gasteiger partial charge in [-0.15, -0.1) is 0 Å². The van der Waals surface area contributed by atoms with Gasteiger partial charge in [0, 0.05) is 16.7 Å². The molecular weight excluding hydrogens is 460 g/mol. The highest BCUT2D eigenvalue weighted by atomic mass is 16.5. The molecule has 0 bridgehead atoms. The van der Waals surface area contributed by atoms with Gasteiger partial charge in [-0.2, -0.15) is 5.10 Å². The number of carboxylic acids is 1. The van der Waals surface area contributed by atoms with Gasteiger partial charge in [0.1, 0.15) is 11.4 Å². The van der Waals surface area contributed by atoms with E-state index >= 15 is 0 Å². The van der Waals surface area contributed by atoms with Crippen LogP contribution in [0.3, 0.4) is 0 Å². The maximum atomic E-state index is 11.0. The lowest BCUT2D eigenvalue weighted by atomic mass is 9.97.